The Balaban J connectivity index is 2.02. The molecular weight excluding hydrogens is 256 g/mol. The van der Waals surface area contributed by atoms with Crippen molar-refractivity contribution in [1.29, 1.82) is 0 Å². The van der Waals surface area contributed by atoms with Crippen molar-refractivity contribution in [3.63, 3.8) is 0 Å². The number of aromatic nitrogens is 2. The Labute approximate surface area is 119 Å². The highest BCUT2D eigenvalue weighted by Gasteiger charge is 2.04. The Morgan fingerprint density at radius 3 is 2.89 bits per heavy atom. The standard InChI is InChI=1S/C15H22N2OS/c1-11(2)10-18-8-4-7-17-14-9-12(3)5-6-13(14)16-15(17)19/h5-6,9,11H,4,7-8,10H2,1-3H3,(H,16,19). The molecule has 0 saturated carbocycles. The third-order valence-electron chi connectivity index (χ3n) is 3.05. The van der Waals surface area contributed by atoms with Crippen LogP contribution in [0.15, 0.2) is 18.2 Å². The lowest BCUT2D eigenvalue weighted by atomic mass is 10.2. The summed E-state index contributed by atoms with van der Waals surface area (Å²) in [4.78, 5) is 3.25. The SMILES string of the molecule is Cc1ccc2[nH]c(=S)n(CCCOCC(C)C)c2c1. The Hall–Kier alpha value is -1.13. The van der Waals surface area contributed by atoms with Crippen LogP contribution >= 0.6 is 12.2 Å². The van der Waals surface area contributed by atoms with Crippen LogP contribution in [0.3, 0.4) is 0 Å². The number of H-pyrrole nitrogens is 1. The molecule has 2 aromatic rings. The molecule has 0 fully saturated rings. The van der Waals surface area contributed by atoms with Crippen LogP contribution < -0.4 is 0 Å². The van der Waals surface area contributed by atoms with E-state index in [0.29, 0.717) is 5.92 Å². The summed E-state index contributed by atoms with van der Waals surface area (Å²) in [7, 11) is 0. The zero-order valence-electron chi connectivity index (χ0n) is 11.9. The van der Waals surface area contributed by atoms with Gasteiger partial charge in [-0.05, 0) is 49.2 Å². The van der Waals surface area contributed by atoms with Crippen molar-refractivity contribution in [1.82, 2.24) is 9.55 Å². The lowest BCUT2D eigenvalue weighted by Gasteiger charge is -2.08. The number of aryl methyl sites for hydroxylation is 2. The van der Waals surface area contributed by atoms with Crippen LogP contribution in [0.25, 0.3) is 11.0 Å². The minimum absolute atomic E-state index is 0.595. The maximum absolute atomic E-state index is 5.61. The normalized spacial score (nSPS) is 11.6. The topological polar surface area (TPSA) is 29.9 Å². The van der Waals surface area contributed by atoms with Crippen molar-refractivity contribution in [2.75, 3.05) is 13.2 Å². The van der Waals surface area contributed by atoms with Gasteiger partial charge in [0.1, 0.15) is 0 Å². The molecular formula is C15H22N2OS. The van der Waals surface area contributed by atoms with E-state index in [0.717, 1.165) is 36.5 Å². The first-order valence-electron chi connectivity index (χ1n) is 6.85. The van der Waals surface area contributed by atoms with Crippen LogP contribution in [-0.4, -0.2) is 22.8 Å². The minimum Gasteiger partial charge on any atom is -0.381 e. The van der Waals surface area contributed by atoms with Gasteiger partial charge in [0.15, 0.2) is 4.77 Å². The Morgan fingerprint density at radius 1 is 1.37 bits per heavy atom. The quantitative estimate of drug-likeness (QED) is 0.637. The van der Waals surface area contributed by atoms with Crippen molar-refractivity contribution in [3.05, 3.63) is 28.5 Å². The molecule has 1 N–H and O–H groups in total. The lowest BCUT2D eigenvalue weighted by molar-refractivity contribution is 0.105. The van der Waals surface area contributed by atoms with E-state index in [9.17, 15) is 0 Å². The zero-order chi connectivity index (χ0) is 13.8. The fraction of sp³-hybridized carbons (Fsp3) is 0.533. The molecule has 1 heterocycles. The lowest BCUT2D eigenvalue weighted by Crippen LogP contribution is -2.06. The average molecular weight is 278 g/mol. The van der Waals surface area contributed by atoms with E-state index in [1.54, 1.807) is 0 Å². The molecule has 0 saturated heterocycles. The molecule has 1 aromatic heterocycles. The number of fused-ring (bicyclic) bond motifs is 1. The number of aromatic amines is 1. The molecule has 0 atom stereocenters. The van der Waals surface area contributed by atoms with Gasteiger partial charge in [-0.15, -0.1) is 0 Å². The second-order valence-corrected chi connectivity index (χ2v) is 5.81. The summed E-state index contributed by atoms with van der Waals surface area (Å²) in [5.41, 5.74) is 3.55. The van der Waals surface area contributed by atoms with Gasteiger partial charge in [-0.25, -0.2) is 0 Å². The number of nitrogens with zero attached hydrogens (tertiary/aromatic N) is 1. The van der Waals surface area contributed by atoms with Crippen LogP contribution in [0.4, 0.5) is 0 Å². The Morgan fingerprint density at radius 2 is 2.16 bits per heavy atom. The summed E-state index contributed by atoms with van der Waals surface area (Å²) in [5, 5.41) is 0. The molecule has 0 aliphatic rings. The summed E-state index contributed by atoms with van der Waals surface area (Å²) in [6.45, 7) is 8.96. The maximum atomic E-state index is 5.61. The van der Waals surface area contributed by atoms with Gasteiger partial charge in [-0.2, -0.15) is 0 Å². The highest BCUT2D eigenvalue weighted by atomic mass is 32.1. The summed E-state index contributed by atoms with van der Waals surface area (Å²) < 4.78 is 8.57. The van der Waals surface area contributed by atoms with Crippen molar-refractivity contribution in [3.8, 4) is 0 Å². The van der Waals surface area contributed by atoms with Gasteiger partial charge in [-0.1, -0.05) is 19.9 Å². The largest absolute Gasteiger partial charge is 0.381 e. The third kappa shape index (κ3) is 3.67. The number of benzene rings is 1. The molecule has 0 aliphatic carbocycles. The van der Waals surface area contributed by atoms with Crippen molar-refractivity contribution in [2.45, 2.75) is 33.7 Å². The van der Waals surface area contributed by atoms with Gasteiger partial charge in [0, 0.05) is 19.8 Å². The molecule has 0 aliphatic heterocycles. The molecule has 3 nitrogen and oxygen atoms in total. The summed E-state index contributed by atoms with van der Waals surface area (Å²) in [6, 6.07) is 6.37. The number of imidazole rings is 1. The number of hydrogen-bond donors (Lipinski definition) is 1. The highest BCUT2D eigenvalue weighted by molar-refractivity contribution is 7.71. The molecule has 104 valence electrons. The molecule has 2 rings (SSSR count). The van der Waals surface area contributed by atoms with Gasteiger partial charge >= 0.3 is 0 Å². The maximum Gasteiger partial charge on any atom is 0.178 e. The fourth-order valence-electron chi connectivity index (χ4n) is 2.13. The highest BCUT2D eigenvalue weighted by Crippen LogP contribution is 2.16. The molecule has 0 bridgehead atoms. The van der Waals surface area contributed by atoms with E-state index < -0.39 is 0 Å². The van der Waals surface area contributed by atoms with E-state index in [1.807, 2.05) is 0 Å². The van der Waals surface area contributed by atoms with Crippen LogP contribution in [0.5, 0.6) is 0 Å². The van der Waals surface area contributed by atoms with E-state index >= 15 is 0 Å². The second-order valence-electron chi connectivity index (χ2n) is 5.42. The number of rotatable bonds is 6. The smallest absolute Gasteiger partial charge is 0.178 e. The number of ether oxygens (including phenoxy) is 1. The molecule has 0 radical (unpaired) electrons. The van der Waals surface area contributed by atoms with Gasteiger partial charge in [-0.3, -0.25) is 0 Å². The predicted octanol–water partition coefficient (Wildman–Crippen LogP) is 4.07. The van der Waals surface area contributed by atoms with Crippen LogP contribution in [0.1, 0.15) is 25.8 Å². The van der Waals surface area contributed by atoms with E-state index in [4.69, 9.17) is 17.0 Å². The predicted molar refractivity (Wildman–Crippen MR) is 82.1 cm³/mol. The molecule has 0 amide bonds. The average Bonchev–Trinajstić information content (AvgIpc) is 2.65. The monoisotopic (exact) mass is 278 g/mol. The first-order valence-corrected chi connectivity index (χ1v) is 7.25. The summed E-state index contributed by atoms with van der Waals surface area (Å²) in [5.74, 6) is 0.595. The third-order valence-corrected chi connectivity index (χ3v) is 3.37. The number of nitrogens with one attached hydrogen (secondary N) is 1. The van der Waals surface area contributed by atoms with Gasteiger partial charge in [0.05, 0.1) is 11.0 Å². The number of hydrogen-bond acceptors (Lipinski definition) is 2. The second kappa shape index (κ2) is 6.35. The van der Waals surface area contributed by atoms with E-state index in [-0.39, 0.29) is 0 Å². The van der Waals surface area contributed by atoms with E-state index in [1.165, 1.54) is 11.1 Å². The molecule has 1 aromatic carbocycles. The van der Waals surface area contributed by atoms with Crippen LogP contribution in [-0.2, 0) is 11.3 Å². The van der Waals surface area contributed by atoms with Crippen molar-refractivity contribution in [2.24, 2.45) is 5.92 Å². The van der Waals surface area contributed by atoms with Crippen LogP contribution in [0.2, 0.25) is 0 Å². The van der Waals surface area contributed by atoms with Crippen molar-refractivity contribution >= 4 is 23.3 Å². The van der Waals surface area contributed by atoms with Crippen LogP contribution in [0, 0.1) is 17.6 Å². The molecule has 0 unspecified atom stereocenters. The first-order chi connectivity index (χ1) is 9.08. The summed E-state index contributed by atoms with van der Waals surface area (Å²) in [6.07, 6.45) is 0.988. The zero-order valence-corrected chi connectivity index (χ0v) is 12.7. The minimum atomic E-state index is 0.595. The molecule has 0 spiro atoms. The Bertz CT molecular complexity index is 598. The van der Waals surface area contributed by atoms with Gasteiger partial charge < -0.3 is 14.3 Å². The van der Waals surface area contributed by atoms with E-state index in [2.05, 4.69) is 48.5 Å². The Kier molecular flexibility index (Phi) is 4.77. The van der Waals surface area contributed by atoms with Crippen molar-refractivity contribution < 1.29 is 4.74 Å². The molecule has 19 heavy (non-hydrogen) atoms. The van der Waals surface area contributed by atoms with Gasteiger partial charge in [0.25, 0.3) is 0 Å². The first kappa shape index (κ1) is 14.3. The van der Waals surface area contributed by atoms with Gasteiger partial charge in [0.2, 0.25) is 0 Å². The molecule has 4 heteroatoms. The summed E-state index contributed by atoms with van der Waals surface area (Å²) >= 11 is 5.38. The fourth-order valence-corrected chi connectivity index (χ4v) is 2.43.